The molecule has 2 heteroatoms. The monoisotopic (exact) mass is 205 g/mol. The molecule has 2 rings (SSSR count). The van der Waals surface area contributed by atoms with Crippen LogP contribution in [0, 0.1) is 0 Å². The molecule has 1 aromatic carbocycles. The van der Waals surface area contributed by atoms with Crippen LogP contribution in [-0.2, 0) is 24.3 Å². The number of nitrogens with one attached hydrogen (secondary N) is 1. The largest absolute Gasteiger partial charge is 0.374 e. The van der Waals surface area contributed by atoms with Gasteiger partial charge in [-0.1, -0.05) is 18.2 Å². The van der Waals surface area contributed by atoms with E-state index >= 15 is 0 Å². The van der Waals surface area contributed by atoms with Gasteiger partial charge in [0.1, 0.15) is 0 Å². The van der Waals surface area contributed by atoms with Gasteiger partial charge in [0.15, 0.2) is 0 Å². The Hall–Kier alpha value is -0.860. The lowest BCUT2D eigenvalue weighted by molar-refractivity contribution is 0.0656. The minimum absolute atomic E-state index is 0.308. The van der Waals surface area contributed by atoms with Gasteiger partial charge >= 0.3 is 0 Å². The van der Waals surface area contributed by atoms with Crippen molar-refractivity contribution in [1.29, 1.82) is 0 Å². The zero-order valence-electron chi connectivity index (χ0n) is 9.55. The summed E-state index contributed by atoms with van der Waals surface area (Å²) in [7, 11) is 0. The maximum atomic E-state index is 5.60. The normalized spacial score (nSPS) is 15.4. The van der Waals surface area contributed by atoms with Crippen molar-refractivity contribution < 1.29 is 4.74 Å². The molecule has 0 unspecified atom stereocenters. The van der Waals surface area contributed by atoms with Crippen molar-refractivity contribution in [3.05, 3.63) is 34.9 Å². The average molecular weight is 205 g/mol. The van der Waals surface area contributed by atoms with E-state index in [-0.39, 0.29) is 0 Å². The third kappa shape index (κ3) is 2.80. The number of fused-ring (bicyclic) bond motifs is 1. The lowest BCUT2D eigenvalue weighted by Gasteiger charge is -2.18. The second-order valence-electron chi connectivity index (χ2n) is 4.39. The van der Waals surface area contributed by atoms with Gasteiger partial charge in [-0.25, -0.2) is 0 Å². The lowest BCUT2D eigenvalue weighted by atomic mass is 9.99. The first-order chi connectivity index (χ1) is 7.25. The van der Waals surface area contributed by atoms with Crippen LogP contribution in [0.5, 0.6) is 0 Å². The van der Waals surface area contributed by atoms with Crippen molar-refractivity contribution >= 4 is 0 Å². The summed E-state index contributed by atoms with van der Waals surface area (Å²) in [5.41, 5.74) is 4.22. The highest BCUT2D eigenvalue weighted by Gasteiger charge is 2.08. The standard InChI is InChI=1S/C13H19NO/c1-10(2)15-9-11-3-4-13-8-14-6-5-12(13)7-11/h3-4,7,10,14H,5-6,8-9H2,1-2H3. The molecule has 0 fully saturated rings. The Balaban J connectivity index is 2.07. The van der Waals surface area contributed by atoms with Crippen LogP contribution in [0.25, 0.3) is 0 Å². The van der Waals surface area contributed by atoms with Gasteiger partial charge in [-0.2, -0.15) is 0 Å². The van der Waals surface area contributed by atoms with E-state index < -0.39 is 0 Å². The number of benzene rings is 1. The Morgan fingerprint density at radius 2 is 2.20 bits per heavy atom. The van der Waals surface area contributed by atoms with Gasteiger partial charge < -0.3 is 10.1 Å². The summed E-state index contributed by atoms with van der Waals surface area (Å²) in [4.78, 5) is 0. The van der Waals surface area contributed by atoms with Gasteiger partial charge in [0, 0.05) is 6.54 Å². The summed E-state index contributed by atoms with van der Waals surface area (Å²) in [6, 6.07) is 6.69. The molecule has 1 aliphatic heterocycles. The van der Waals surface area contributed by atoms with Crippen LogP contribution in [0.15, 0.2) is 18.2 Å². The highest BCUT2D eigenvalue weighted by Crippen LogP contribution is 2.16. The maximum absolute atomic E-state index is 5.60. The fraction of sp³-hybridized carbons (Fsp3) is 0.538. The van der Waals surface area contributed by atoms with E-state index in [4.69, 9.17) is 4.74 Å². The summed E-state index contributed by atoms with van der Waals surface area (Å²) in [6.07, 6.45) is 1.45. The van der Waals surface area contributed by atoms with Gasteiger partial charge in [0.25, 0.3) is 0 Å². The first-order valence-electron chi connectivity index (χ1n) is 5.68. The molecule has 1 heterocycles. The molecule has 82 valence electrons. The highest BCUT2D eigenvalue weighted by molar-refractivity contribution is 5.33. The zero-order chi connectivity index (χ0) is 10.7. The van der Waals surface area contributed by atoms with Crippen molar-refractivity contribution in [2.45, 2.75) is 39.5 Å². The molecule has 0 radical (unpaired) electrons. The molecule has 0 saturated heterocycles. The summed E-state index contributed by atoms with van der Waals surface area (Å²) in [5.74, 6) is 0. The molecule has 2 nitrogen and oxygen atoms in total. The fourth-order valence-electron chi connectivity index (χ4n) is 1.88. The lowest BCUT2D eigenvalue weighted by Crippen LogP contribution is -2.23. The summed E-state index contributed by atoms with van der Waals surface area (Å²) in [5, 5.41) is 3.38. The highest BCUT2D eigenvalue weighted by atomic mass is 16.5. The molecular weight excluding hydrogens is 186 g/mol. The Morgan fingerprint density at radius 1 is 1.33 bits per heavy atom. The molecule has 0 spiro atoms. The van der Waals surface area contributed by atoms with Crippen LogP contribution in [0.1, 0.15) is 30.5 Å². The van der Waals surface area contributed by atoms with E-state index in [9.17, 15) is 0 Å². The molecule has 1 aliphatic rings. The molecule has 0 amide bonds. The van der Waals surface area contributed by atoms with E-state index in [1.165, 1.54) is 16.7 Å². The predicted molar refractivity (Wildman–Crippen MR) is 61.8 cm³/mol. The van der Waals surface area contributed by atoms with Crippen LogP contribution in [-0.4, -0.2) is 12.6 Å². The average Bonchev–Trinajstić information content (AvgIpc) is 2.26. The third-order valence-electron chi connectivity index (χ3n) is 2.74. The van der Waals surface area contributed by atoms with Gasteiger partial charge in [0.2, 0.25) is 0 Å². The van der Waals surface area contributed by atoms with E-state index in [1.54, 1.807) is 0 Å². The van der Waals surface area contributed by atoms with Gasteiger partial charge in [-0.05, 0) is 43.5 Å². The quantitative estimate of drug-likeness (QED) is 0.817. The maximum Gasteiger partial charge on any atom is 0.0720 e. The number of hydrogen-bond donors (Lipinski definition) is 1. The second-order valence-corrected chi connectivity index (χ2v) is 4.39. The molecule has 0 atom stereocenters. The van der Waals surface area contributed by atoms with Crippen LogP contribution in [0.2, 0.25) is 0 Å². The fourth-order valence-corrected chi connectivity index (χ4v) is 1.88. The predicted octanol–water partition coefficient (Wildman–Crippen LogP) is 2.26. The van der Waals surface area contributed by atoms with Crippen molar-refractivity contribution in [1.82, 2.24) is 5.32 Å². The van der Waals surface area contributed by atoms with E-state index in [2.05, 4.69) is 37.4 Å². The molecule has 15 heavy (non-hydrogen) atoms. The van der Waals surface area contributed by atoms with Crippen LogP contribution >= 0.6 is 0 Å². The molecule has 0 aliphatic carbocycles. The Labute approximate surface area is 91.6 Å². The molecule has 1 N–H and O–H groups in total. The summed E-state index contributed by atoms with van der Waals surface area (Å²) >= 11 is 0. The summed E-state index contributed by atoms with van der Waals surface area (Å²) < 4.78 is 5.60. The smallest absolute Gasteiger partial charge is 0.0720 e. The number of rotatable bonds is 3. The minimum Gasteiger partial charge on any atom is -0.374 e. The van der Waals surface area contributed by atoms with Crippen LogP contribution < -0.4 is 5.32 Å². The van der Waals surface area contributed by atoms with Gasteiger partial charge in [0.05, 0.1) is 12.7 Å². The Bertz CT molecular complexity index is 333. The third-order valence-corrected chi connectivity index (χ3v) is 2.74. The molecule has 0 bridgehead atoms. The van der Waals surface area contributed by atoms with Gasteiger partial charge in [-0.15, -0.1) is 0 Å². The topological polar surface area (TPSA) is 21.3 Å². The number of hydrogen-bond acceptors (Lipinski definition) is 2. The van der Waals surface area contributed by atoms with Crippen molar-refractivity contribution in [2.24, 2.45) is 0 Å². The van der Waals surface area contributed by atoms with E-state index in [0.717, 1.165) is 26.1 Å². The first kappa shape index (κ1) is 10.7. The van der Waals surface area contributed by atoms with E-state index in [1.807, 2.05) is 0 Å². The van der Waals surface area contributed by atoms with E-state index in [0.29, 0.717) is 6.10 Å². The molecular formula is C13H19NO. The minimum atomic E-state index is 0.308. The molecule has 0 saturated carbocycles. The molecule has 1 aromatic rings. The van der Waals surface area contributed by atoms with Crippen LogP contribution in [0.4, 0.5) is 0 Å². The van der Waals surface area contributed by atoms with Crippen molar-refractivity contribution in [2.75, 3.05) is 6.54 Å². The Kier molecular flexibility index (Phi) is 3.39. The second kappa shape index (κ2) is 4.77. The first-order valence-corrected chi connectivity index (χ1v) is 5.68. The number of ether oxygens (including phenoxy) is 1. The summed E-state index contributed by atoms with van der Waals surface area (Å²) in [6.45, 7) is 6.99. The Morgan fingerprint density at radius 3 is 3.00 bits per heavy atom. The van der Waals surface area contributed by atoms with Crippen LogP contribution in [0.3, 0.4) is 0 Å². The van der Waals surface area contributed by atoms with Crippen molar-refractivity contribution in [3.63, 3.8) is 0 Å². The SMILES string of the molecule is CC(C)OCc1ccc2c(c1)CCNC2. The zero-order valence-corrected chi connectivity index (χ0v) is 9.55. The van der Waals surface area contributed by atoms with Gasteiger partial charge in [-0.3, -0.25) is 0 Å². The molecule has 0 aromatic heterocycles. The van der Waals surface area contributed by atoms with Crippen molar-refractivity contribution in [3.8, 4) is 0 Å².